The monoisotopic (exact) mass is 378 g/mol. The number of sulfonamides is 1. The van der Waals surface area contributed by atoms with Gasteiger partial charge in [0, 0.05) is 23.8 Å². The fourth-order valence-corrected chi connectivity index (χ4v) is 4.73. The lowest BCUT2D eigenvalue weighted by Crippen LogP contribution is -2.57. The summed E-state index contributed by atoms with van der Waals surface area (Å²) in [4.78, 5) is 14.6. The van der Waals surface area contributed by atoms with Crippen molar-refractivity contribution in [2.24, 2.45) is 0 Å². The first-order valence-corrected chi connectivity index (χ1v) is 9.78. The van der Waals surface area contributed by atoms with E-state index in [1.807, 2.05) is 31.2 Å². The van der Waals surface area contributed by atoms with Crippen molar-refractivity contribution in [1.82, 2.24) is 4.31 Å². The zero-order chi connectivity index (χ0) is 18.2. The van der Waals surface area contributed by atoms with Crippen molar-refractivity contribution in [3.05, 3.63) is 59.1 Å². The van der Waals surface area contributed by atoms with Crippen LogP contribution in [0.15, 0.2) is 53.4 Å². The number of anilines is 1. The van der Waals surface area contributed by atoms with Crippen LogP contribution in [0.5, 0.6) is 0 Å². The molecule has 0 radical (unpaired) electrons. The number of halogens is 1. The van der Waals surface area contributed by atoms with Crippen molar-refractivity contribution in [2.45, 2.75) is 24.8 Å². The van der Waals surface area contributed by atoms with E-state index in [0.717, 1.165) is 11.3 Å². The van der Waals surface area contributed by atoms with Crippen LogP contribution in [-0.4, -0.2) is 37.8 Å². The molecule has 0 bridgehead atoms. The predicted molar refractivity (Wildman–Crippen MR) is 98.3 cm³/mol. The fourth-order valence-electron chi connectivity index (χ4n) is 3.03. The van der Waals surface area contributed by atoms with E-state index in [2.05, 4.69) is 0 Å². The zero-order valence-corrected chi connectivity index (χ0v) is 15.6. The Kier molecular flexibility index (Phi) is 4.86. The summed E-state index contributed by atoms with van der Waals surface area (Å²) in [5.41, 5.74) is 1.81. The molecule has 1 unspecified atom stereocenters. The van der Waals surface area contributed by atoms with E-state index >= 15 is 0 Å². The van der Waals surface area contributed by atoms with Crippen LogP contribution in [0.2, 0.25) is 5.02 Å². The molecule has 1 atom stereocenters. The van der Waals surface area contributed by atoms with Crippen molar-refractivity contribution in [3.63, 3.8) is 0 Å². The van der Waals surface area contributed by atoms with Crippen molar-refractivity contribution in [3.8, 4) is 0 Å². The molecule has 1 saturated heterocycles. The molecule has 25 heavy (non-hydrogen) atoms. The van der Waals surface area contributed by atoms with Crippen LogP contribution in [0.3, 0.4) is 0 Å². The molecule has 1 aliphatic rings. The molecule has 5 nitrogen and oxygen atoms in total. The largest absolute Gasteiger partial charge is 0.309 e. The Morgan fingerprint density at radius 3 is 2.32 bits per heavy atom. The van der Waals surface area contributed by atoms with E-state index in [-0.39, 0.29) is 17.3 Å². The second-order valence-corrected chi connectivity index (χ2v) is 8.35. The molecular weight excluding hydrogens is 360 g/mol. The SMILES string of the molecule is Cc1ccccc1N1CCN(S(=O)(=O)c2ccc(Cl)cc2)C(C)C1=O. The average Bonchev–Trinajstić information content (AvgIpc) is 2.58. The van der Waals surface area contributed by atoms with Crippen LogP contribution in [0.25, 0.3) is 0 Å². The second-order valence-electron chi connectivity index (χ2n) is 6.02. The van der Waals surface area contributed by atoms with Crippen LogP contribution in [0, 0.1) is 6.92 Å². The number of carbonyl (C=O) groups is 1. The highest BCUT2D eigenvalue weighted by Gasteiger charge is 2.39. The molecule has 1 aliphatic heterocycles. The van der Waals surface area contributed by atoms with Crippen molar-refractivity contribution >= 4 is 33.2 Å². The summed E-state index contributed by atoms with van der Waals surface area (Å²) in [6.45, 7) is 4.12. The second kappa shape index (κ2) is 6.78. The lowest BCUT2D eigenvalue weighted by Gasteiger charge is -2.38. The Labute approximate surface area is 152 Å². The highest BCUT2D eigenvalue weighted by Crippen LogP contribution is 2.27. The third-order valence-corrected chi connectivity index (χ3v) is 6.66. The highest BCUT2D eigenvalue weighted by atomic mass is 35.5. The molecule has 0 aliphatic carbocycles. The molecule has 3 rings (SSSR count). The number of para-hydroxylation sites is 1. The number of nitrogens with zero attached hydrogens (tertiary/aromatic N) is 2. The summed E-state index contributed by atoms with van der Waals surface area (Å²) in [5, 5.41) is 0.465. The quantitative estimate of drug-likeness (QED) is 0.824. The van der Waals surface area contributed by atoms with Gasteiger partial charge in [-0.25, -0.2) is 8.42 Å². The first kappa shape index (κ1) is 17.9. The van der Waals surface area contributed by atoms with Gasteiger partial charge in [0.1, 0.15) is 6.04 Å². The molecule has 0 aromatic heterocycles. The van der Waals surface area contributed by atoms with Crippen LogP contribution >= 0.6 is 11.6 Å². The molecule has 1 fully saturated rings. The summed E-state index contributed by atoms with van der Waals surface area (Å²) >= 11 is 5.83. The molecule has 2 aromatic carbocycles. The minimum atomic E-state index is -3.75. The third kappa shape index (κ3) is 3.29. The van der Waals surface area contributed by atoms with Crippen molar-refractivity contribution in [1.29, 1.82) is 0 Å². The fraction of sp³-hybridized carbons (Fsp3) is 0.278. The number of aryl methyl sites for hydroxylation is 1. The lowest BCUT2D eigenvalue weighted by molar-refractivity contribution is -0.123. The standard InChI is InChI=1S/C18H19ClN2O3S/c1-13-5-3-4-6-17(13)20-11-12-21(14(2)18(20)22)25(23,24)16-9-7-15(19)8-10-16/h3-10,14H,11-12H2,1-2H3. The Bertz CT molecular complexity index is 897. The average molecular weight is 379 g/mol. The van der Waals surface area contributed by atoms with Crippen LogP contribution < -0.4 is 4.90 Å². The molecule has 132 valence electrons. The molecule has 1 heterocycles. The summed E-state index contributed by atoms with van der Waals surface area (Å²) in [6, 6.07) is 12.8. The summed E-state index contributed by atoms with van der Waals surface area (Å²) in [7, 11) is -3.75. The number of carbonyl (C=O) groups excluding carboxylic acids is 1. The van der Waals surface area contributed by atoms with E-state index in [9.17, 15) is 13.2 Å². The third-order valence-electron chi connectivity index (χ3n) is 4.43. The van der Waals surface area contributed by atoms with Crippen LogP contribution in [0.1, 0.15) is 12.5 Å². The predicted octanol–water partition coefficient (Wildman–Crippen LogP) is 3.07. The molecular formula is C18H19ClN2O3S. The van der Waals surface area contributed by atoms with Gasteiger partial charge in [-0.3, -0.25) is 4.79 Å². The minimum absolute atomic E-state index is 0.140. The number of piperazine rings is 1. The number of hydrogen-bond acceptors (Lipinski definition) is 3. The van der Waals surface area contributed by atoms with E-state index in [0.29, 0.717) is 11.6 Å². The van der Waals surface area contributed by atoms with Gasteiger partial charge in [-0.05, 0) is 49.7 Å². The maximum Gasteiger partial charge on any atom is 0.245 e. The van der Waals surface area contributed by atoms with E-state index in [1.165, 1.54) is 28.6 Å². The van der Waals surface area contributed by atoms with Gasteiger partial charge >= 0.3 is 0 Å². The smallest absolute Gasteiger partial charge is 0.245 e. The molecule has 7 heteroatoms. The van der Waals surface area contributed by atoms with Gasteiger partial charge < -0.3 is 4.90 Å². The number of amides is 1. The summed E-state index contributed by atoms with van der Waals surface area (Å²) < 4.78 is 27.0. The summed E-state index contributed by atoms with van der Waals surface area (Å²) in [6.07, 6.45) is 0. The van der Waals surface area contributed by atoms with Gasteiger partial charge in [-0.2, -0.15) is 4.31 Å². The normalized spacial score (nSPS) is 19.2. The highest BCUT2D eigenvalue weighted by molar-refractivity contribution is 7.89. The van der Waals surface area contributed by atoms with E-state index in [4.69, 9.17) is 11.6 Å². The van der Waals surface area contributed by atoms with Crippen LogP contribution in [-0.2, 0) is 14.8 Å². The Morgan fingerprint density at radius 2 is 1.68 bits per heavy atom. The van der Waals surface area contributed by atoms with Crippen molar-refractivity contribution < 1.29 is 13.2 Å². The molecule has 0 spiro atoms. The van der Waals surface area contributed by atoms with E-state index in [1.54, 1.807) is 11.8 Å². The number of benzene rings is 2. The van der Waals surface area contributed by atoms with Gasteiger partial charge in [0.15, 0.2) is 0 Å². The van der Waals surface area contributed by atoms with E-state index < -0.39 is 16.1 Å². The maximum absolute atomic E-state index is 12.9. The number of hydrogen-bond donors (Lipinski definition) is 0. The Hall–Kier alpha value is -1.89. The number of rotatable bonds is 3. The molecule has 0 saturated carbocycles. The Balaban J connectivity index is 1.89. The maximum atomic E-state index is 12.9. The van der Waals surface area contributed by atoms with Gasteiger partial charge in [-0.15, -0.1) is 0 Å². The van der Waals surface area contributed by atoms with Gasteiger partial charge in [0.25, 0.3) is 0 Å². The Morgan fingerprint density at radius 1 is 1.04 bits per heavy atom. The van der Waals surface area contributed by atoms with Crippen LogP contribution in [0.4, 0.5) is 5.69 Å². The molecule has 1 amide bonds. The zero-order valence-electron chi connectivity index (χ0n) is 14.0. The van der Waals surface area contributed by atoms with Gasteiger partial charge in [0.05, 0.1) is 4.90 Å². The first-order chi connectivity index (χ1) is 11.8. The molecule has 0 N–H and O–H groups in total. The topological polar surface area (TPSA) is 57.7 Å². The van der Waals surface area contributed by atoms with Gasteiger partial charge in [0.2, 0.25) is 15.9 Å². The minimum Gasteiger partial charge on any atom is -0.309 e. The lowest BCUT2D eigenvalue weighted by atomic mass is 10.1. The summed E-state index contributed by atoms with van der Waals surface area (Å²) in [5.74, 6) is -0.224. The molecule has 2 aromatic rings. The van der Waals surface area contributed by atoms with Gasteiger partial charge in [-0.1, -0.05) is 29.8 Å². The van der Waals surface area contributed by atoms with Crippen molar-refractivity contribution in [2.75, 3.05) is 18.0 Å². The first-order valence-electron chi connectivity index (χ1n) is 7.97.